The number of nitro groups is 1. The van der Waals surface area contributed by atoms with Crippen LogP contribution in [0.15, 0.2) is 71.2 Å². The maximum atomic E-state index is 13.0. The van der Waals surface area contributed by atoms with Crippen molar-refractivity contribution < 1.29 is 22.9 Å². The highest BCUT2D eigenvalue weighted by Crippen LogP contribution is 2.46. The lowest BCUT2D eigenvalue weighted by atomic mass is 9.75. The van der Waals surface area contributed by atoms with Crippen LogP contribution in [0.3, 0.4) is 0 Å². The van der Waals surface area contributed by atoms with Gasteiger partial charge < -0.3 is 5.73 Å². The van der Waals surface area contributed by atoms with E-state index in [9.17, 15) is 33.3 Å². The standard InChI is InChI=1S/C23H17F3N4O3/c24-23(25,26)14-9-7-13(8-10-14)20-17(12-27)22(28)29(18-5-2-6-19(31)21(18)20)15-3-1-4-16(11-15)30(32)33/h1,3-4,7-11,20H,2,5-6,28H2. The lowest BCUT2D eigenvalue weighted by Gasteiger charge is -2.39. The average molecular weight is 454 g/mol. The Bertz CT molecular complexity index is 1260. The Kier molecular flexibility index (Phi) is 5.41. The van der Waals surface area contributed by atoms with Crippen molar-refractivity contribution in [2.24, 2.45) is 5.73 Å². The van der Waals surface area contributed by atoms with Gasteiger partial charge in [0.2, 0.25) is 0 Å². The lowest BCUT2D eigenvalue weighted by Crippen LogP contribution is -2.38. The normalized spacial score (nSPS) is 18.8. The highest BCUT2D eigenvalue weighted by molar-refractivity contribution is 6.01. The first kappa shape index (κ1) is 22.1. The second kappa shape index (κ2) is 8.09. The molecule has 10 heteroatoms. The van der Waals surface area contributed by atoms with Gasteiger partial charge >= 0.3 is 6.18 Å². The van der Waals surface area contributed by atoms with Crippen molar-refractivity contribution in [2.45, 2.75) is 31.4 Å². The Balaban J connectivity index is 1.91. The van der Waals surface area contributed by atoms with Crippen LogP contribution in [-0.4, -0.2) is 10.7 Å². The van der Waals surface area contributed by atoms with Gasteiger partial charge in [-0.25, -0.2) is 0 Å². The molecule has 4 rings (SSSR count). The summed E-state index contributed by atoms with van der Waals surface area (Å²) in [5.74, 6) is -1.18. The van der Waals surface area contributed by atoms with E-state index in [0.29, 0.717) is 29.8 Å². The molecule has 33 heavy (non-hydrogen) atoms. The summed E-state index contributed by atoms with van der Waals surface area (Å²) in [6.45, 7) is 0. The Morgan fingerprint density at radius 3 is 2.45 bits per heavy atom. The molecular weight excluding hydrogens is 437 g/mol. The van der Waals surface area contributed by atoms with Crippen molar-refractivity contribution in [2.75, 3.05) is 4.90 Å². The molecule has 2 N–H and O–H groups in total. The van der Waals surface area contributed by atoms with Crippen LogP contribution in [0.25, 0.3) is 0 Å². The fourth-order valence-corrected chi connectivity index (χ4v) is 4.32. The number of nitriles is 1. The SMILES string of the molecule is N#CC1=C(N)N(c2cccc([N+](=O)[O-])c2)C2=C(C(=O)CCC2)C1c1ccc(C(F)(F)F)cc1. The number of benzene rings is 2. The van der Waals surface area contributed by atoms with Gasteiger partial charge in [0.15, 0.2) is 5.78 Å². The van der Waals surface area contributed by atoms with Crippen molar-refractivity contribution in [3.63, 3.8) is 0 Å². The van der Waals surface area contributed by atoms with Gasteiger partial charge in [-0.15, -0.1) is 0 Å². The van der Waals surface area contributed by atoms with E-state index in [1.165, 1.54) is 35.2 Å². The van der Waals surface area contributed by atoms with E-state index in [1.807, 2.05) is 6.07 Å². The fraction of sp³-hybridized carbons (Fsp3) is 0.217. The van der Waals surface area contributed by atoms with Crippen LogP contribution in [0.4, 0.5) is 24.5 Å². The van der Waals surface area contributed by atoms with E-state index in [-0.39, 0.29) is 34.9 Å². The van der Waals surface area contributed by atoms with Crippen LogP contribution >= 0.6 is 0 Å². The molecule has 0 fully saturated rings. The van der Waals surface area contributed by atoms with Gasteiger partial charge in [-0.1, -0.05) is 18.2 Å². The lowest BCUT2D eigenvalue weighted by molar-refractivity contribution is -0.384. The Hall–Kier alpha value is -4.13. The van der Waals surface area contributed by atoms with Crippen molar-refractivity contribution in [3.05, 3.63) is 92.4 Å². The number of Topliss-reactive ketones (excluding diaryl/α,β-unsaturated/α-hetero) is 1. The van der Waals surface area contributed by atoms with Crippen LogP contribution in [-0.2, 0) is 11.0 Å². The summed E-state index contributed by atoms with van der Waals surface area (Å²) in [6.07, 6.45) is -3.38. The molecule has 0 spiro atoms. The van der Waals surface area contributed by atoms with Gasteiger partial charge in [0, 0.05) is 29.8 Å². The number of rotatable bonds is 3. The third-order valence-corrected chi connectivity index (χ3v) is 5.78. The zero-order chi connectivity index (χ0) is 23.9. The summed E-state index contributed by atoms with van der Waals surface area (Å²) < 4.78 is 39.1. The highest BCUT2D eigenvalue weighted by atomic mass is 19.4. The number of carbonyl (C=O) groups excluding carboxylic acids is 1. The summed E-state index contributed by atoms with van der Waals surface area (Å²) in [4.78, 5) is 25.2. The molecule has 0 saturated heterocycles. The first-order valence-electron chi connectivity index (χ1n) is 10.0. The molecular formula is C23H17F3N4O3. The van der Waals surface area contributed by atoms with Crippen molar-refractivity contribution in [1.82, 2.24) is 0 Å². The quantitative estimate of drug-likeness (QED) is 0.520. The molecule has 2 aliphatic rings. The van der Waals surface area contributed by atoms with Gasteiger partial charge in [0.05, 0.1) is 33.7 Å². The average Bonchev–Trinajstić information content (AvgIpc) is 2.78. The van der Waals surface area contributed by atoms with E-state index in [1.54, 1.807) is 6.07 Å². The molecule has 1 heterocycles. The summed E-state index contributed by atoms with van der Waals surface area (Å²) >= 11 is 0. The number of non-ortho nitro benzene ring substituents is 1. The highest BCUT2D eigenvalue weighted by Gasteiger charge is 2.41. The number of alkyl halides is 3. The number of allylic oxidation sites excluding steroid dienone is 3. The molecule has 0 saturated carbocycles. The molecule has 1 aliphatic heterocycles. The molecule has 0 radical (unpaired) electrons. The maximum absolute atomic E-state index is 13.0. The topological polar surface area (TPSA) is 113 Å². The largest absolute Gasteiger partial charge is 0.416 e. The van der Waals surface area contributed by atoms with Crippen LogP contribution < -0.4 is 10.6 Å². The van der Waals surface area contributed by atoms with Gasteiger partial charge in [0.25, 0.3) is 5.69 Å². The van der Waals surface area contributed by atoms with Crippen molar-refractivity contribution >= 4 is 17.2 Å². The number of hydrogen-bond donors (Lipinski definition) is 1. The zero-order valence-electron chi connectivity index (χ0n) is 17.1. The van der Waals surface area contributed by atoms with E-state index in [0.717, 1.165) is 12.1 Å². The molecule has 2 aromatic carbocycles. The monoisotopic (exact) mass is 454 g/mol. The number of halogens is 3. The van der Waals surface area contributed by atoms with Crippen LogP contribution in [0.1, 0.15) is 36.3 Å². The molecule has 0 amide bonds. The minimum absolute atomic E-state index is 0.00438. The molecule has 1 atom stereocenters. The van der Waals surface area contributed by atoms with Crippen LogP contribution in [0.5, 0.6) is 0 Å². The minimum Gasteiger partial charge on any atom is -0.384 e. The third kappa shape index (κ3) is 3.82. The third-order valence-electron chi connectivity index (χ3n) is 5.78. The summed E-state index contributed by atoms with van der Waals surface area (Å²) in [5.41, 5.74) is 6.75. The molecule has 1 aliphatic carbocycles. The second-order valence-corrected chi connectivity index (χ2v) is 7.71. The molecule has 2 aromatic rings. The first-order chi connectivity index (χ1) is 15.6. The van der Waals surface area contributed by atoms with Crippen molar-refractivity contribution in [3.8, 4) is 6.07 Å². The molecule has 0 aromatic heterocycles. The van der Waals surface area contributed by atoms with Gasteiger partial charge in [-0.3, -0.25) is 19.8 Å². The maximum Gasteiger partial charge on any atom is 0.416 e. The number of ketones is 1. The first-order valence-corrected chi connectivity index (χ1v) is 10.0. The van der Waals surface area contributed by atoms with Crippen LogP contribution in [0, 0.1) is 21.4 Å². The molecule has 168 valence electrons. The number of nitrogens with two attached hydrogens (primary N) is 1. The van der Waals surface area contributed by atoms with Gasteiger partial charge in [-0.05, 0) is 36.6 Å². The Morgan fingerprint density at radius 2 is 1.85 bits per heavy atom. The fourth-order valence-electron chi connectivity index (χ4n) is 4.32. The van der Waals surface area contributed by atoms with E-state index >= 15 is 0 Å². The number of hydrogen-bond acceptors (Lipinski definition) is 6. The van der Waals surface area contributed by atoms with Gasteiger partial charge in [0.1, 0.15) is 5.82 Å². The Labute approximate surface area is 186 Å². The number of nitrogens with zero attached hydrogens (tertiary/aromatic N) is 3. The summed E-state index contributed by atoms with van der Waals surface area (Å²) in [7, 11) is 0. The number of anilines is 1. The molecule has 0 bridgehead atoms. The van der Waals surface area contributed by atoms with Crippen molar-refractivity contribution in [1.29, 1.82) is 5.26 Å². The number of carbonyl (C=O) groups is 1. The minimum atomic E-state index is -4.53. The van der Waals surface area contributed by atoms with E-state index in [4.69, 9.17) is 5.73 Å². The van der Waals surface area contributed by atoms with Gasteiger partial charge in [-0.2, -0.15) is 18.4 Å². The van der Waals surface area contributed by atoms with Crippen LogP contribution in [0.2, 0.25) is 0 Å². The second-order valence-electron chi connectivity index (χ2n) is 7.71. The zero-order valence-corrected chi connectivity index (χ0v) is 17.1. The predicted molar refractivity (Wildman–Crippen MR) is 112 cm³/mol. The predicted octanol–water partition coefficient (Wildman–Crippen LogP) is 4.92. The van der Waals surface area contributed by atoms with E-state index in [2.05, 4.69) is 0 Å². The Morgan fingerprint density at radius 1 is 1.15 bits per heavy atom. The molecule has 1 unspecified atom stereocenters. The summed E-state index contributed by atoms with van der Waals surface area (Å²) in [5, 5.41) is 21.2. The smallest absolute Gasteiger partial charge is 0.384 e. The molecule has 7 nitrogen and oxygen atoms in total. The summed E-state index contributed by atoms with van der Waals surface area (Å²) in [6, 6.07) is 12.0. The number of nitro benzene ring substituents is 1. The van der Waals surface area contributed by atoms with E-state index < -0.39 is 22.6 Å².